The number of fused-ring (bicyclic) bond motifs is 1. The zero-order valence-electron chi connectivity index (χ0n) is 17.0. The number of piperidine rings is 1. The molecule has 2 amide bonds. The second-order valence-electron chi connectivity index (χ2n) is 9.19. The Hall–Kier alpha value is -2.18. The maximum atomic E-state index is 12.9. The molecule has 1 saturated heterocycles. The summed E-state index contributed by atoms with van der Waals surface area (Å²) in [6, 6.07) is -0.118. The third-order valence-electron chi connectivity index (χ3n) is 7.13. The predicted octanol–water partition coefficient (Wildman–Crippen LogP) is 2.31. The van der Waals surface area contributed by atoms with E-state index in [0.29, 0.717) is 30.9 Å². The van der Waals surface area contributed by atoms with Gasteiger partial charge in [0.2, 0.25) is 11.8 Å². The summed E-state index contributed by atoms with van der Waals surface area (Å²) in [4.78, 5) is 50.0. The van der Waals surface area contributed by atoms with Gasteiger partial charge in [-0.3, -0.25) is 14.4 Å². The van der Waals surface area contributed by atoms with Crippen LogP contribution in [-0.4, -0.2) is 44.7 Å². The van der Waals surface area contributed by atoms with E-state index in [0.717, 1.165) is 70.0 Å². The summed E-state index contributed by atoms with van der Waals surface area (Å²) in [7, 11) is 0. The van der Waals surface area contributed by atoms with Crippen molar-refractivity contribution in [3.05, 3.63) is 27.4 Å². The quantitative estimate of drug-likeness (QED) is 0.847. The molecule has 156 valence electrons. The van der Waals surface area contributed by atoms with Crippen LogP contribution >= 0.6 is 0 Å². The largest absolute Gasteiger partial charge is 0.337 e. The van der Waals surface area contributed by atoms with Crippen LogP contribution in [0.15, 0.2) is 4.79 Å². The number of amides is 2. The molecule has 0 aromatic carbocycles. The lowest BCUT2D eigenvalue weighted by Crippen LogP contribution is -2.44. The molecule has 1 N–H and O–H groups in total. The summed E-state index contributed by atoms with van der Waals surface area (Å²) in [5.74, 6) is 1.37. The minimum Gasteiger partial charge on any atom is -0.337 e. The molecule has 4 aliphatic rings. The molecule has 2 saturated carbocycles. The first kappa shape index (κ1) is 18.8. The van der Waals surface area contributed by atoms with Crippen molar-refractivity contribution in [2.24, 2.45) is 11.8 Å². The number of hydrogen-bond acceptors (Lipinski definition) is 4. The second-order valence-corrected chi connectivity index (χ2v) is 9.19. The van der Waals surface area contributed by atoms with E-state index in [2.05, 4.69) is 4.98 Å². The molecule has 0 bridgehead atoms. The fourth-order valence-corrected chi connectivity index (χ4v) is 5.27. The lowest BCUT2D eigenvalue weighted by Gasteiger charge is -2.36. The zero-order chi connectivity index (χ0) is 20.0. The van der Waals surface area contributed by atoms with Gasteiger partial charge in [-0.25, -0.2) is 4.98 Å². The molecule has 7 heteroatoms. The molecular weight excluding hydrogens is 368 g/mol. The van der Waals surface area contributed by atoms with Crippen molar-refractivity contribution in [3.8, 4) is 0 Å². The van der Waals surface area contributed by atoms with Crippen LogP contribution in [0.25, 0.3) is 0 Å². The van der Waals surface area contributed by atoms with E-state index in [1.165, 1.54) is 0 Å². The zero-order valence-corrected chi connectivity index (χ0v) is 17.0. The molecule has 3 heterocycles. The number of aromatic nitrogens is 2. The van der Waals surface area contributed by atoms with Crippen molar-refractivity contribution in [3.63, 3.8) is 0 Å². The number of hydrogen-bond donors (Lipinski definition) is 1. The third-order valence-corrected chi connectivity index (χ3v) is 7.13. The molecule has 5 rings (SSSR count). The van der Waals surface area contributed by atoms with Crippen LogP contribution in [-0.2, 0) is 22.6 Å². The Morgan fingerprint density at radius 2 is 1.62 bits per heavy atom. The Balaban J connectivity index is 1.37. The van der Waals surface area contributed by atoms with Crippen molar-refractivity contribution < 1.29 is 9.59 Å². The Labute approximate surface area is 170 Å². The Morgan fingerprint density at radius 1 is 0.897 bits per heavy atom. The van der Waals surface area contributed by atoms with Crippen LogP contribution < -0.4 is 5.56 Å². The first-order valence-electron chi connectivity index (χ1n) is 11.3. The molecule has 0 spiro atoms. The highest BCUT2D eigenvalue weighted by atomic mass is 16.2. The number of likely N-dealkylation sites (tertiary alicyclic amines) is 1. The van der Waals surface area contributed by atoms with Gasteiger partial charge in [0.15, 0.2) is 0 Å². The Morgan fingerprint density at radius 3 is 2.38 bits per heavy atom. The summed E-state index contributed by atoms with van der Waals surface area (Å²) in [6.07, 6.45) is 9.71. The van der Waals surface area contributed by atoms with Gasteiger partial charge in [0.05, 0.1) is 23.8 Å². The van der Waals surface area contributed by atoms with Crippen LogP contribution in [0.5, 0.6) is 0 Å². The molecule has 1 aromatic rings. The minimum atomic E-state index is -0.140. The molecule has 2 aliphatic heterocycles. The van der Waals surface area contributed by atoms with Crippen molar-refractivity contribution >= 4 is 11.8 Å². The fourth-order valence-electron chi connectivity index (χ4n) is 5.27. The normalized spacial score (nSPS) is 25.2. The summed E-state index contributed by atoms with van der Waals surface area (Å²) in [5.41, 5.74) is 1.30. The number of carbonyl (C=O) groups is 2. The summed E-state index contributed by atoms with van der Waals surface area (Å²) < 4.78 is 0. The summed E-state index contributed by atoms with van der Waals surface area (Å²) >= 11 is 0. The van der Waals surface area contributed by atoms with E-state index in [4.69, 9.17) is 4.98 Å². The lowest BCUT2D eigenvalue weighted by molar-refractivity contribution is -0.137. The van der Waals surface area contributed by atoms with Gasteiger partial charge < -0.3 is 14.8 Å². The number of nitrogens with one attached hydrogen (secondary N) is 1. The first-order chi connectivity index (χ1) is 14.1. The van der Waals surface area contributed by atoms with Gasteiger partial charge >= 0.3 is 0 Å². The molecule has 1 aromatic heterocycles. The molecule has 0 radical (unpaired) electrons. The van der Waals surface area contributed by atoms with Crippen molar-refractivity contribution in [1.29, 1.82) is 0 Å². The minimum absolute atomic E-state index is 0.118. The molecule has 29 heavy (non-hydrogen) atoms. The predicted molar refractivity (Wildman–Crippen MR) is 107 cm³/mol. The van der Waals surface area contributed by atoms with Gasteiger partial charge in [-0.15, -0.1) is 0 Å². The van der Waals surface area contributed by atoms with Crippen molar-refractivity contribution in [1.82, 2.24) is 19.8 Å². The number of rotatable bonds is 3. The van der Waals surface area contributed by atoms with Gasteiger partial charge in [0.1, 0.15) is 5.82 Å². The van der Waals surface area contributed by atoms with Gasteiger partial charge in [-0.2, -0.15) is 0 Å². The highest BCUT2D eigenvalue weighted by molar-refractivity contribution is 5.81. The van der Waals surface area contributed by atoms with Crippen LogP contribution in [0.2, 0.25) is 0 Å². The van der Waals surface area contributed by atoms with E-state index in [-0.39, 0.29) is 35.3 Å². The van der Waals surface area contributed by atoms with E-state index in [1.54, 1.807) is 0 Å². The van der Waals surface area contributed by atoms with E-state index in [1.807, 2.05) is 9.80 Å². The lowest BCUT2D eigenvalue weighted by atomic mass is 9.99. The average molecular weight is 399 g/mol. The van der Waals surface area contributed by atoms with Gasteiger partial charge in [-0.1, -0.05) is 12.8 Å². The third kappa shape index (κ3) is 3.60. The standard InChI is InChI=1S/C22H30N4O3/c27-20-16-13-25(21(28)14-5-1-2-6-14)12-10-17(16)23-19(24-20)18-7-3-4-11-26(18)22(29)15-8-9-15/h14-15,18H,1-13H2,(H,23,24,27)/t18-/m0/s1. The number of aromatic amines is 1. The van der Waals surface area contributed by atoms with Gasteiger partial charge in [0.25, 0.3) is 5.56 Å². The van der Waals surface area contributed by atoms with E-state index in [9.17, 15) is 14.4 Å². The van der Waals surface area contributed by atoms with Gasteiger partial charge in [-0.05, 0) is 44.9 Å². The van der Waals surface area contributed by atoms with E-state index >= 15 is 0 Å². The van der Waals surface area contributed by atoms with Crippen molar-refractivity contribution in [2.45, 2.75) is 76.8 Å². The highest BCUT2D eigenvalue weighted by Crippen LogP contribution is 2.37. The van der Waals surface area contributed by atoms with Crippen LogP contribution in [0.3, 0.4) is 0 Å². The van der Waals surface area contributed by atoms with Crippen LogP contribution in [0.1, 0.15) is 80.9 Å². The monoisotopic (exact) mass is 398 g/mol. The summed E-state index contributed by atoms with van der Waals surface area (Å²) in [5, 5.41) is 0. The topological polar surface area (TPSA) is 86.4 Å². The SMILES string of the molecule is O=C(C1CCCC1)N1CCc2nc([C@@H]3CCCCN3C(=O)C3CC3)[nH]c(=O)c2C1. The second kappa shape index (κ2) is 7.58. The molecule has 3 fully saturated rings. The maximum Gasteiger partial charge on any atom is 0.256 e. The molecular formula is C22H30N4O3. The Bertz CT molecular complexity index is 869. The summed E-state index contributed by atoms with van der Waals surface area (Å²) in [6.45, 7) is 1.75. The van der Waals surface area contributed by atoms with Gasteiger partial charge in [0, 0.05) is 31.3 Å². The molecule has 0 unspecified atom stereocenters. The van der Waals surface area contributed by atoms with E-state index < -0.39 is 0 Å². The Kier molecular flexibility index (Phi) is 4.92. The van der Waals surface area contributed by atoms with Crippen LogP contribution in [0.4, 0.5) is 0 Å². The van der Waals surface area contributed by atoms with Crippen molar-refractivity contribution in [2.75, 3.05) is 13.1 Å². The number of H-pyrrole nitrogens is 1. The highest BCUT2D eigenvalue weighted by Gasteiger charge is 2.39. The average Bonchev–Trinajstić information content (AvgIpc) is 3.46. The maximum absolute atomic E-state index is 12.9. The smallest absolute Gasteiger partial charge is 0.256 e. The number of nitrogens with zero attached hydrogens (tertiary/aromatic N) is 3. The molecule has 1 atom stereocenters. The number of carbonyl (C=O) groups excluding carboxylic acids is 2. The first-order valence-corrected chi connectivity index (χ1v) is 11.3. The van der Waals surface area contributed by atoms with Crippen LogP contribution in [0, 0.1) is 11.8 Å². The molecule has 7 nitrogen and oxygen atoms in total. The fraction of sp³-hybridized carbons (Fsp3) is 0.727. The molecule has 2 aliphatic carbocycles.